The average molecular weight is 815 g/mol. The molecule has 1 aliphatic carbocycles. The number of aliphatic hydroxyl groups excluding tert-OH is 3. The van der Waals surface area contributed by atoms with Crippen LogP contribution in [-0.4, -0.2) is 66.9 Å². The van der Waals surface area contributed by atoms with Gasteiger partial charge in [-0.05, 0) is 141 Å². The van der Waals surface area contributed by atoms with E-state index in [2.05, 4.69) is 39.1 Å². The van der Waals surface area contributed by atoms with E-state index in [1.807, 2.05) is 30.3 Å². The van der Waals surface area contributed by atoms with Gasteiger partial charge >= 0.3 is 11.9 Å². The highest BCUT2D eigenvalue weighted by Crippen LogP contribution is 2.40. The lowest BCUT2D eigenvalue weighted by atomic mass is 9.77. The predicted molar refractivity (Wildman–Crippen MR) is 233 cm³/mol. The Morgan fingerprint density at radius 2 is 1.29 bits per heavy atom. The Labute approximate surface area is 351 Å². The van der Waals surface area contributed by atoms with Gasteiger partial charge in [-0.15, -0.1) is 0 Å². The maximum Gasteiger partial charge on any atom is 0.333 e. The number of rotatable bonds is 24. The molecule has 0 unspecified atom stereocenters. The quantitative estimate of drug-likeness (QED) is 0.0464. The number of unbranched alkanes of at least 4 members (excludes halogenated alkanes) is 2. The number of aryl methyl sites for hydroxylation is 3. The number of ether oxygens (including phenoxy) is 3. The summed E-state index contributed by atoms with van der Waals surface area (Å²) in [6, 6.07) is 15.9. The zero-order valence-electron chi connectivity index (χ0n) is 35.9. The van der Waals surface area contributed by atoms with Crippen LogP contribution in [0.1, 0.15) is 120 Å². The second kappa shape index (κ2) is 23.5. The highest BCUT2D eigenvalue weighted by Gasteiger charge is 2.30. The third kappa shape index (κ3) is 13.3. The van der Waals surface area contributed by atoms with Crippen molar-refractivity contribution in [3.63, 3.8) is 0 Å². The summed E-state index contributed by atoms with van der Waals surface area (Å²) in [6.45, 7) is 13.5. The largest absolute Gasteiger partial charge is 0.492 e. The van der Waals surface area contributed by atoms with Crippen molar-refractivity contribution in [2.75, 3.05) is 39.6 Å². The summed E-state index contributed by atoms with van der Waals surface area (Å²) < 4.78 is 33.1. The van der Waals surface area contributed by atoms with Gasteiger partial charge in [0.25, 0.3) is 0 Å². The third-order valence-electron chi connectivity index (χ3n) is 11.8. The molecule has 322 valence electrons. The summed E-state index contributed by atoms with van der Waals surface area (Å²) in [5.74, 6) is 0.555. The van der Waals surface area contributed by atoms with Crippen LogP contribution in [0.5, 0.6) is 5.75 Å². The van der Waals surface area contributed by atoms with Gasteiger partial charge in [-0.3, -0.25) is 0 Å². The minimum Gasteiger partial charge on any atom is -0.492 e. The van der Waals surface area contributed by atoms with Gasteiger partial charge in [-0.2, -0.15) is 0 Å². The second-order valence-electron chi connectivity index (χ2n) is 16.6. The molecule has 0 atom stereocenters. The van der Waals surface area contributed by atoms with Gasteiger partial charge in [0.2, 0.25) is 0 Å². The summed E-state index contributed by atoms with van der Waals surface area (Å²) in [5.41, 5.74) is 6.30. The van der Waals surface area contributed by atoms with Crippen molar-refractivity contribution >= 4 is 11.9 Å². The van der Waals surface area contributed by atoms with E-state index in [0.717, 1.165) is 57.7 Å². The van der Waals surface area contributed by atoms with Crippen LogP contribution in [0.2, 0.25) is 0 Å². The first kappa shape index (κ1) is 47.4. The van der Waals surface area contributed by atoms with E-state index in [-0.39, 0.29) is 25.6 Å². The van der Waals surface area contributed by atoms with Gasteiger partial charge in [0, 0.05) is 16.7 Å². The average Bonchev–Trinajstić information content (AvgIpc) is 3.24. The number of halogens is 1. The van der Waals surface area contributed by atoms with Crippen molar-refractivity contribution in [3.8, 4) is 28.0 Å². The normalized spacial score (nSPS) is 15.5. The first-order valence-corrected chi connectivity index (χ1v) is 21.6. The minimum atomic E-state index is -1.28. The lowest BCUT2D eigenvalue weighted by Gasteiger charge is -2.29. The molecule has 1 fully saturated rings. The van der Waals surface area contributed by atoms with Crippen molar-refractivity contribution in [1.82, 2.24) is 0 Å². The van der Waals surface area contributed by atoms with Crippen molar-refractivity contribution in [3.05, 3.63) is 101 Å². The second-order valence-corrected chi connectivity index (χ2v) is 16.6. The number of carbonyl (C=O) groups is 2. The molecule has 0 saturated heterocycles. The molecule has 0 aliphatic heterocycles. The fraction of sp³-hybridized carbons (Fsp3) is 0.520. The molecule has 0 aromatic heterocycles. The van der Waals surface area contributed by atoms with Crippen LogP contribution in [0.25, 0.3) is 22.3 Å². The van der Waals surface area contributed by atoms with Crippen LogP contribution in [0.15, 0.2) is 72.8 Å². The van der Waals surface area contributed by atoms with E-state index in [9.17, 15) is 24.9 Å². The first-order valence-electron chi connectivity index (χ1n) is 21.6. The van der Waals surface area contributed by atoms with Crippen molar-refractivity contribution in [1.29, 1.82) is 0 Å². The Bertz CT molecular complexity index is 1810. The molecule has 0 bridgehead atoms. The number of carbonyl (C=O) groups excluding carboxylic acids is 2. The van der Waals surface area contributed by atoms with Gasteiger partial charge < -0.3 is 29.5 Å². The smallest absolute Gasteiger partial charge is 0.333 e. The molecule has 3 aromatic carbocycles. The molecule has 4 rings (SSSR count). The molecule has 9 heteroatoms. The van der Waals surface area contributed by atoms with Crippen LogP contribution in [-0.2, 0) is 38.3 Å². The first-order chi connectivity index (χ1) is 28.4. The Morgan fingerprint density at radius 3 is 1.80 bits per heavy atom. The molecule has 8 nitrogen and oxygen atoms in total. The lowest BCUT2D eigenvalue weighted by molar-refractivity contribution is -0.139. The number of hydrogen-bond donors (Lipinski definition) is 3. The summed E-state index contributed by atoms with van der Waals surface area (Å²) >= 11 is 0. The Kier molecular flexibility index (Phi) is 18.8. The topological polar surface area (TPSA) is 123 Å². The number of hydrogen-bond acceptors (Lipinski definition) is 8. The van der Waals surface area contributed by atoms with E-state index in [4.69, 9.17) is 14.2 Å². The molecule has 59 heavy (non-hydrogen) atoms. The number of aliphatic hydroxyl groups is 3. The van der Waals surface area contributed by atoms with Gasteiger partial charge in [-0.1, -0.05) is 83.0 Å². The van der Waals surface area contributed by atoms with Gasteiger partial charge in [0.1, 0.15) is 18.2 Å². The van der Waals surface area contributed by atoms with E-state index in [1.165, 1.54) is 38.5 Å². The molecular weight excluding hydrogens is 748 g/mol. The predicted octanol–water partition coefficient (Wildman–Crippen LogP) is 10.0. The highest BCUT2D eigenvalue weighted by molar-refractivity contribution is 5.87. The molecule has 1 aliphatic rings. The van der Waals surface area contributed by atoms with Crippen LogP contribution in [0, 0.1) is 17.2 Å². The van der Waals surface area contributed by atoms with Gasteiger partial charge in [0.05, 0.1) is 38.4 Å². The summed E-state index contributed by atoms with van der Waals surface area (Å²) in [4.78, 5) is 24.3. The fourth-order valence-electron chi connectivity index (χ4n) is 7.90. The molecule has 0 amide bonds. The molecular formula is C50H67FO8. The minimum absolute atomic E-state index is 0.148. The zero-order valence-corrected chi connectivity index (χ0v) is 35.9. The maximum atomic E-state index is 16.0. The van der Waals surface area contributed by atoms with E-state index in [0.29, 0.717) is 60.5 Å². The molecule has 0 heterocycles. The molecule has 3 N–H and O–H groups in total. The van der Waals surface area contributed by atoms with Crippen molar-refractivity contribution in [2.45, 2.75) is 117 Å². The Morgan fingerprint density at radius 1 is 0.729 bits per heavy atom. The summed E-state index contributed by atoms with van der Waals surface area (Å²) in [7, 11) is 0. The molecule has 0 radical (unpaired) electrons. The lowest BCUT2D eigenvalue weighted by Crippen LogP contribution is -2.40. The summed E-state index contributed by atoms with van der Waals surface area (Å²) in [5, 5.41) is 30.3. The third-order valence-corrected chi connectivity index (χ3v) is 11.8. The van der Waals surface area contributed by atoms with E-state index < -0.39 is 37.2 Å². The van der Waals surface area contributed by atoms with Crippen LogP contribution in [0.3, 0.4) is 0 Å². The summed E-state index contributed by atoms with van der Waals surface area (Å²) in [6.07, 6.45) is 12.3. The van der Waals surface area contributed by atoms with Crippen LogP contribution < -0.4 is 4.74 Å². The SMILES string of the molecule is C=C(C)C(=O)OCCCc1cc(-c2ccc(-c3ccc(C4CCC(CCCCC)CC4)cc3F)cc2CC)cc(CCCOC(=O)C(=C)C)c1OCC(CO)(CO)CO. The van der Waals surface area contributed by atoms with E-state index in [1.54, 1.807) is 19.9 Å². The van der Waals surface area contributed by atoms with Crippen LogP contribution >= 0.6 is 0 Å². The van der Waals surface area contributed by atoms with Gasteiger partial charge in [-0.25, -0.2) is 14.0 Å². The Hall–Kier alpha value is -4.31. The van der Waals surface area contributed by atoms with Crippen LogP contribution in [0.4, 0.5) is 4.39 Å². The number of esters is 2. The van der Waals surface area contributed by atoms with Crippen molar-refractivity contribution < 1.29 is 43.5 Å². The molecule has 0 spiro atoms. The Balaban J connectivity index is 1.68. The van der Waals surface area contributed by atoms with Crippen molar-refractivity contribution in [2.24, 2.45) is 11.3 Å². The molecule has 1 saturated carbocycles. The van der Waals surface area contributed by atoms with Gasteiger partial charge in [0.15, 0.2) is 0 Å². The monoisotopic (exact) mass is 814 g/mol. The number of benzene rings is 3. The van der Waals surface area contributed by atoms with E-state index >= 15 is 4.39 Å². The highest BCUT2D eigenvalue weighted by atomic mass is 19.1. The molecule has 3 aromatic rings. The zero-order chi connectivity index (χ0) is 43.0. The fourth-order valence-corrected chi connectivity index (χ4v) is 7.90. The maximum absolute atomic E-state index is 16.0. The standard InChI is InChI=1S/C50H67FO8/c1-7-9-10-13-36-16-18-38(19-17-36)39-20-23-45(46(51)29-39)40-21-22-44(37(8-2)26-40)43-27-41(14-11-24-57-48(55)34(3)4)47(59-33-50(30-52,31-53)32-54)42(28-43)15-12-25-58-49(56)35(5)6/h20-23,26-29,36,38,52-54H,3,5,7-19,24-25,30-33H2,1-2,4,6H3.